The molecule has 4 heteroatoms. The van der Waals surface area contributed by atoms with Crippen LogP contribution in [0.3, 0.4) is 0 Å². The van der Waals surface area contributed by atoms with Gasteiger partial charge in [-0.25, -0.2) is 0 Å². The minimum atomic E-state index is -0.392. The van der Waals surface area contributed by atoms with Crippen LogP contribution in [0.5, 0.6) is 0 Å². The molecule has 0 unspecified atom stereocenters. The van der Waals surface area contributed by atoms with Crippen molar-refractivity contribution in [1.82, 2.24) is 9.80 Å². The summed E-state index contributed by atoms with van der Waals surface area (Å²) in [5.41, 5.74) is 7.44. The van der Waals surface area contributed by atoms with Crippen molar-refractivity contribution in [2.45, 2.75) is 58.7 Å². The van der Waals surface area contributed by atoms with Gasteiger partial charge in [-0.1, -0.05) is 50.6 Å². The van der Waals surface area contributed by atoms with E-state index in [0.29, 0.717) is 6.04 Å². The van der Waals surface area contributed by atoms with Crippen LogP contribution in [-0.2, 0) is 11.3 Å². The topological polar surface area (TPSA) is 49.6 Å². The maximum atomic E-state index is 12.6. The summed E-state index contributed by atoms with van der Waals surface area (Å²) in [5, 5.41) is 0. The maximum absolute atomic E-state index is 12.6. The van der Waals surface area contributed by atoms with Crippen molar-refractivity contribution >= 4 is 5.91 Å². The van der Waals surface area contributed by atoms with Crippen LogP contribution in [0.4, 0.5) is 0 Å². The van der Waals surface area contributed by atoms with E-state index >= 15 is 0 Å². The van der Waals surface area contributed by atoms with E-state index < -0.39 is 6.04 Å². The zero-order chi connectivity index (χ0) is 17.5. The van der Waals surface area contributed by atoms with Crippen molar-refractivity contribution in [3.63, 3.8) is 0 Å². The number of likely N-dealkylation sites (N-methyl/N-ethyl adjacent to an activating group) is 1. The quantitative estimate of drug-likeness (QED) is 0.836. The van der Waals surface area contributed by atoms with E-state index in [-0.39, 0.29) is 11.8 Å². The van der Waals surface area contributed by atoms with E-state index in [9.17, 15) is 4.79 Å². The molecule has 2 rings (SSSR count). The smallest absolute Gasteiger partial charge is 0.239 e. The van der Waals surface area contributed by atoms with Gasteiger partial charge in [-0.3, -0.25) is 9.69 Å². The second-order valence-electron chi connectivity index (χ2n) is 7.25. The molecule has 1 heterocycles. The van der Waals surface area contributed by atoms with Crippen molar-refractivity contribution in [1.29, 1.82) is 0 Å². The molecule has 1 aliphatic rings. The van der Waals surface area contributed by atoms with Crippen molar-refractivity contribution in [2.24, 2.45) is 11.7 Å². The predicted molar refractivity (Wildman–Crippen MR) is 99.6 cm³/mol. The number of carbonyl (C=O) groups is 1. The fourth-order valence-electron chi connectivity index (χ4n) is 3.42. The van der Waals surface area contributed by atoms with Crippen LogP contribution in [-0.4, -0.2) is 47.4 Å². The van der Waals surface area contributed by atoms with Crippen LogP contribution in [0.15, 0.2) is 30.3 Å². The first-order chi connectivity index (χ1) is 11.5. The predicted octanol–water partition coefficient (Wildman–Crippen LogP) is 2.87. The Morgan fingerprint density at radius 3 is 2.62 bits per heavy atom. The van der Waals surface area contributed by atoms with Gasteiger partial charge in [-0.15, -0.1) is 0 Å². The Morgan fingerprint density at radius 2 is 2.00 bits per heavy atom. The SMILES string of the molecule is CCN(C[C@@H]1CCCCN1Cc1ccccc1)C(=O)[C@@H](N)C(C)C. The monoisotopic (exact) mass is 331 g/mol. The van der Waals surface area contributed by atoms with Gasteiger partial charge in [0.25, 0.3) is 0 Å². The van der Waals surface area contributed by atoms with Gasteiger partial charge in [0.1, 0.15) is 0 Å². The first kappa shape index (κ1) is 18.9. The molecule has 0 aliphatic carbocycles. The lowest BCUT2D eigenvalue weighted by Crippen LogP contribution is -2.52. The molecule has 1 aromatic carbocycles. The van der Waals surface area contributed by atoms with Crippen LogP contribution in [0.1, 0.15) is 45.6 Å². The first-order valence-corrected chi connectivity index (χ1v) is 9.35. The van der Waals surface area contributed by atoms with E-state index in [4.69, 9.17) is 5.73 Å². The molecule has 0 bridgehead atoms. The highest BCUT2D eigenvalue weighted by molar-refractivity contribution is 5.81. The van der Waals surface area contributed by atoms with E-state index in [1.165, 1.54) is 18.4 Å². The molecule has 0 aromatic heterocycles. The van der Waals surface area contributed by atoms with Gasteiger partial charge in [0.2, 0.25) is 5.91 Å². The zero-order valence-corrected chi connectivity index (χ0v) is 15.4. The van der Waals surface area contributed by atoms with E-state index in [0.717, 1.165) is 32.6 Å². The lowest BCUT2D eigenvalue weighted by Gasteiger charge is -2.39. The Bertz CT molecular complexity index is 503. The Morgan fingerprint density at radius 1 is 1.29 bits per heavy atom. The molecule has 1 aliphatic heterocycles. The Hall–Kier alpha value is -1.39. The third-order valence-electron chi connectivity index (χ3n) is 5.11. The lowest BCUT2D eigenvalue weighted by atomic mass is 9.99. The highest BCUT2D eigenvalue weighted by Crippen LogP contribution is 2.21. The average Bonchev–Trinajstić information content (AvgIpc) is 2.60. The van der Waals surface area contributed by atoms with Crippen LogP contribution >= 0.6 is 0 Å². The zero-order valence-electron chi connectivity index (χ0n) is 15.4. The molecule has 0 radical (unpaired) electrons. The number of benzene rings is 1. The highest BCUT2D eigenvalue weighted by atomic mass is 16.2. The molecule has 4 nitrogen and oxygen atoms in total. The van der Waals surface area contributed by atoms with Crippen molar-refractivity contribution in [3.05, 3.63) is 35.9 Å². The van der Waals surface area contributed by atoms with Gasteiger partial charge < -0.3 is 10.6 Å². The van der Waals surface area contributed by atoms with Crippen LogP contribution in [0, 0.1) is 5.92 Å². The van der Waals surface area contributed by atoms with Crippen LogP contribution in [0.2, 0.25) is 0 Å². The summed E-state index contributed by atoms with van der Waals surface area (Å²) in [5.74, 6) is 0.274. The minimum absolute atomic E-state index is 0.0951. The Labute approximate surface area is 147 Å². The van der Waals surface area contributed by atoms with Gasteiger partial charge in [0.15, 0.2) is 0 Å². The number of carbonyl (C=O) groups excluding carboxylic acids is 1. The molecule has 0 spiro atoms. The molecule has 2 N–H and O–H groups in total. The summed E-state index contributed by atoms with van der Waals surface area (Å²) < 4.78 is 0. The number of rotatable bonds is 7. The molecule has 24 heavy (non-hydrogen) atoms. The first-order valence-electron chi connectivity index (χ1n) is 9.35. The molecule has 1 saturated heterocycles. The number of amides is 1. The molecule has 1 amide bonds. The third-order valence-corrected chi connectivity index (χ3v) is 5.11. The standard InChI is InChI=1S/C20H33N3O/c1-4-22(20(24)19(21)16(2)3)15-18-12-8-9-13-23(18)14-17-10-6-5-7-11-17/h5-7,10-11,16,18-19H,4,8-9,12-15,21H2,1-3H3/t18-,19-/m0/s1. The number of likely N-dealkylation sites (tertiary alicyclic amines) is 1. The number of nitrogens with two attached hydrogens (primary N) is 1. The van der Waals surface area contributed by atoms with Gasteiger partial charge in [-0.2, -0.15) is 0 Å². The molecule has 1 aromatic rings. The van der Waals surface area contributed by atoms with E-state index in [2.05, 4.69) is 42.2 Å². The van der Waals surface area contributed by atoms with Gasteiger partial charge in [0, 0.05) is 25.7 Å². The normalized spacial score (nSPS) is 20.1. The molecule has 134 valence electrons. The number of piperidine rings is 1. The van der Waals surface area contributed by atoms with Crippen molar-refractivity contribution < 1.29 is 4.79 Å². The van der Waals surface area contributed by atoms with Crippen molar-refractivity contribution in [3.8, 4) is 0 Å². The third kappa shape index (κ3) is 5.05. The van der Waals surface area contributed by atoms with Gasteiger partial charge in [0.05, 0.1) is 6.04 Å². The van der Waals surface area contributed by atoms with E-state index in [1.807, 2.05) is 18.7 Å². The summed E-state index contributed by atoms with van der Waals surface area (Å²) in [6.45, 7) is 9.68. The second kappa shape index (κ2) is 9.19. The molecular weight excluding hydrogens is 298 g/mol. The van der Waals surface area contributed by atoms with Crippen LogP contribution < -0.4 is 5.73 Å². The Kier molecular flexibility index (Phi) is 7.25. The van der Waals surface area contributed by atoms with Crippen molar-refractivity contribution in [2.75, 3.05) is 19.6 Å². The molecular formula is C20H33N3O. The van der Waals surface area contributed by atoms with Crippen LogP contribution in [0.25, 0.3) is 0 Å². The second-order valence-corrected chi connectivity index (χ2v) is 7.25. The summed E-state index contributed by atoms with van der Waals surface area (Å²) >= 11 is 0. The summed E-state index contributed by atoms with van der Waals surface area (Å²) in [6, 6.07) is 10.7. The number of nitrogens with zero attached hydrogens (tertiary/aromatic N) is 2. The average molecular weight is 332 g/mol. The van der Waals surface area contributed by atoms with Gasteiger partial charge >= 0.3 is 0 Å². The minimum Gasteiger partial charge on any atom is -0.340 e. The number of hydrogen-bond donors (Lipinski definition) is 1. The Balaban J connectivity index is 2.02. The van der Waals surface area contributed by atoms with E-state index in [1.54, 1.807) is 0 Å². The number of hydrogen-bond acceptors (Lipinski definition) is 3. The highest BCUT2D eigenvalue weighted by Gasteiger charge is 2.28. The summed E-state index contributed by atoms with van der Waals surface area (Å²) in [6.07, 6.45) is 3.65. The fourth-order valence-corrected chi connectivity index (χ4v) is 3.42. The molecule has 2 atom stereocenters. The largest absolute Gasteiger partial charge is 0.340 e. The lowest BCUT2D eigenvalue weighted by molar-refractivity contribution is -0.134. The fraction of sp³-hybridized carbons (Fsp3) is 0.650. The van der Waals surface area contributed by atoms with Gasteiger partial charge in [-0.05, 0) is 37.8 Å². The maximum Gasteiger partial charge on any atom is 0.239 e. The summed E-state index contributed by atoms with van der Waals surface area (Å²) in [4.78, 5) is 17.1. The molecule has 1 fully saturated rings. The molecule has 0 saturated carbocycles. The summed E-state index contributed by atoms with van der Waals surface area (Å²) in [7, 11) is 0.